The Morgan fingerprint density at radius 2 is 2.04 bits per heavy atom. The molecule has 5 nitrogen and oxygen atoms in total. The van der Waals surface area contributed by atoms with Crippen LogP contribution in [-0.2, 0) is 11.4 Å². The maximum atomic E-state index is 12.4. The summed E-state index contributed by atoms with van der Waals surface area (Å²) in [5.41, 5.74) is 1.73. The number of nitrogens with one attached hydrogen (secondary N) is 1. The Morgan fingerprint density at radius 3 is 2.76 bits per heavy atom. The van der Waals surface area contributed by atoms with E-state index >= 15 is 0 Å². The number of pyridine rings is 1. The number of amides is 1. The van der Waals surface area contributed by atoms with Crippen LogP contribution in [0.4, 0.5) is 5.69 Å². The zero-order chi connectivity index (χ0) is 17.5. The smallest absolute Gasteiger partial charge is 0.227 e. The summed E-state index contributed by atoms with van der Waals surface area (Å²) in [6, 6.07) is 9.23. The standard InChI is InChI=1S/C20H22N2O3/c1-24-18-8-7-17(22-20(23)16-5-3-2-4-6-16)13-19(18)25-14-15-9-11-21-12-10-15/h2-3,7-13,16H,4-6,14H2,1H3,(H,22,23). The largest absolute Gasteiger partial charge is 0.493 e. The lowest BCUT2D eigenvalue weighted by atomic mass is 9.93. The van der Waals surface area contributed by atoms with Crippen molar-refractivity contribution in [2.75, 3.05) is 12.4 Å². The van der Waals surface area contributed by atoms with Crippen LogP contribution < -0.4 is 14.8 Å². The lowest BCUT2D eigenvalue weighted by molar-refractivity contribution is -0.120. The van der Waals surface area contributed by atoms with Crippen molar-refractivity contribution < 1.29 is 14.3 Å². The van der Waals surface area contributed by atoms with Crippen LogP contribution in [0.5, 0.6) is 11.5 Å². The van der Waals surface area contributed by atoms with E-state index in [1.54, 1.807) is 31.6 Å². The molecule has 0 radical (unpaired) electrons. The van der Waals surface area contributed by atoms with Crippen molar-refractivity contribution in [2.45, 2.75) is 25.9 Å². The van der Waals surface area contributed by atoms with E-state index in [1.165, 1.54) is 0 Å². The van der Waals surface area contributed by atoms with Crippen molar-refractivity contribution in [1.29, 1.82) is 0 Å². The first-order valence-corrected chi connectivity index (χ1v) is 8.42. The number of benzene rings is 1. The number of aromatic nitrogens is 1. The Bertz CT molecular complexity index is 744. The van der Waals surface area contributed by atoms with Crippen LogP contribution in [0, 0.1) is 5.92 Å². The molecule has 0 saturated heterocycles. The summed E-state index contributed by atoms with van der Waals surface area (Å²) in [6.45, 7) is 0.406. The molecule has 1 aromatic carbocycles. The normalized spacial score (nSPS) is 16.3. The number of allylic oxidation sites excluding steroid dienone is 2. The molecular weight excluding hydrogens is 316 g/mol. The lowest BCUT2D eigenvalue weighted by Gasteiger charge is -2.18. The first kappa shape index (κ1) is 17.0. The molecule has 1 atom stereocenters. The summed E-state index contributed by atoms with van der Waals surface area (Å²) in [6.07, 6.45) is 10.3. The Balaban J connectivity index is 1.68. The van der Waals surface area contributed by atoms with Gasteiger partial charge < -0.3 is 14.8 Å². The highest BCUT2D eigenvalue weighted by Crippen LogP contribution is 2.31. The van der Waals surface area contributed by atoms with Gasteiger partial charge in [-0.05, 0) is 49.1 Å². The summed E-state index contributed by atoms with van der Waals surface area (Å²) in [5.74, 6) is 1.32. The molecule has 1 N–H and O–H groups in total. The number of rotatable bonds is 6. The monoisotopic (exact) mass is 338 g/mol. The van der Waals surface area contributed by atoms with Crippen LogP contribution in [0.15, 0.2) is 54.9 Å². The van der Waals surface area contributed by atoms with Crippen LogP contribution in [0.3, 0.4) is 0 Å². The fourth-order valence-electron chi connectivity index (χ4n) is 2.78. The van der Waals surface area contributed by atoms with E-state index in [0.717, 1.165) is 24.8 Å². The van der Waals surface area contributed by atoms with Crippen molar-refractivity contribution >= 4 is 11.6 Å². The van der Waals surface area contributed by atoms with Gasteiger partial charge in [0.1, 0.15) is 6.61 Å². The van der Waals surface area contributed by atoms with E-state index in [0.29, 0.717) is 23.8 Å². The van der Waals surface area contributed by atoms with Gasteiger partial charge in [0.05, 0.1) is 7.11 Å². The van der Waals surface area contributed by atoms with Gasteiger partial charge in [0.25, 0.3) is 0 Å². The van der Waals surface area contributed by atoms with Crippen molar-refractivity contribution in [3.05, 3.63) is 60.4 Å². The minimum atomic E-state index is 0.0355. The van der Waals surface area contributed by atoms with Crippen molar-refractivity contribution in [2.24, 2.45) is 5.92 Å². The second kappa shape index (κ2) is 8.33. The van der Waals surface area contributed by atoms with E-state index in [9.17, 15) is 4.79 Å². The molecule has 5 heteroatoms. The molecule has 25 heavy (non-hydrogen) atoms. The summed E-state index contributed by atoms with van der Waals surface area (Å²) in [7, 11) is 1.60. The van der Waals surface area contributed by atoms with Gasteiger partial charge in [0.15, 0.2) is 11.5 Å². The number of carbonyl (C=O) groups excluding carboxylic acids is 1. The molecule has 0 spiro atoms. The Kier molecular flexibility index (Phi) is 5.67. The van der Waals surface area contributed by atoms with Crippen LogP contribution in [0.2, 0.25) is 0 Å². The van der Waals surface area contributed by atoms with E-state index in [1.807, 2.05) is 18.2 Å². The third-order valence-electron chi connectivity index (χ3n) is 4.21. The van der Waals surface area contributed by atoms with Crippen LogP contribution in [0.1, 0.15) is 24.8 Å². The van der Waals surface area contributed by atoms with Crippen molar-refractivity contribution in [3.8, 4) is 11.5 Å². The Morgan fingerprint density at radius 1 is 1.20 bits per heavy atom. The zero-order valence-corrected chi connectivity index (χ0v) is 14.3. The number of methoxy groups -OCH3 is 1. The van der Waals surface area contributed by atoms with Gasteiger partial charge in [-0.25, -0.2) is 0 Å². The van der Waals surface area contributed by atoms with E-state index in [4.69, 9.17) is 9.47 Å². The van der Waals surface area contributed by atoms with Gasteiger partial charge in [0.2, 0.25) is 5.91 Å². The number of nitrogens with zero attached hydrogens (tertiary/aromatic N) is 1. The number of carbonyl (C=O) groups is 1. The maximum Gasteiger partial charge on any atom is 0.227 e. The van der Waals surface area contributed by atoms with Gasteiger partial charge in [-0.2, -0.15) is 0 Å². The molecule has 1 aliphatic rings. The topological polar surface area (TPSA) is 60.5 Å². The van der Waals surface area contributed by atoms with Gasteiger partial charge in [-0.15, -0.1) is 0 Å². The number of hydrogen-bond acceptors (Lipinski definition) is 4. The average molecular weight is 338 g/mol. The zero-order valence-electron chi connectivity index (χ0n) is 14.3. The SMILES string of the molecule is COc1ccc(NC(=O)C2CC=CCC2)cc1OCc1ccncc1. The number of ether oxygens (including phenoxy) is 2. The highest BCUT2D eigenvalue weighted by molar-refractivity contribution is 5.93. The third-order valence-corrected chi connectivity index (χ3v) is 4.21. The van der Waals surface area contributed by atoms with Gasteiger partial charge in [-0.1, -0.05) is 12.2 Å². The molecule has 0 bridgehead atoms. The second-order valence-corrected chi connectivity index (χ2v) is 5.98. The Hall–Kier alpha value is -2.82. The quantitative estimate of drug-likeness (QED) is 0.810. The molecular formula is C20H22N2O3. The van der Waals surface area contributed by atoms with Gasteiger partial charge in [-0.3, -0.25) is 9.78 Å². The van der Waals surface area contributed by atoms with Crippen LogP contribution >= 0.6 is 0 Å². The average Bonchev–Trinajstić information content (AvgIpc) is 2.68. The summed E-state index contributed by atoms with van der Waals surface area (Å²) < 4.78 is 11.2. The first-order valence-electron chi connectivity index (χ1n) is 8.42. The molecule has 1 aromatic heterocycles. The third kappa shape index (κ3) is 4.59. The minimum Gasteiger partial charge on any atom is -0.493 e. The van der Waals surface area contributed by atoms with E-state index in [-0.39, 0.29) is 11.8 Å². The fourth-order valence-corrected chi connectivity index (χ4v) is 2.78. The highest BCUT2D eigenvalue weighted by atomic mass is 16.5. The number of hydrogen-bond donors (Lipinski definition) is 1. The molecule has 130 valence electrons. The highest BCUT2D eigenvalue weighted by Gasteiger charge is 2.19. The van der Waals surface area contributed by atoms with Crippen LogP contribution in [-0.4, -0.2) is 18.0 Å². The fraction of sp³-hybridized carbons (Fsp3) is 0.300. The molecule has 0 fully saturated rings. The minimum absolute atomic E-state index is 0.0355. The van der Waals surface area contributed by atoms with Crippen molar-refractivity contribution in [1.82, 2.24) is 4.98 Å². The first-order chi connectivity index (χ1) is 12.3. The molecule has 1 heterocycles. The predicted octanol–water partition coefficient (Wildman–Crippen LogP) is 3.96. The van der Waals surface area contributed by atoms with Crippen LogP contribution in [0.25, 0.3) is 0 Å². The second-order valence-electron chi connectivity index (χ2n) is 5.98. The molecule has 1 amide bonds. The van der Waals surface area contributed by atoms with E-state index < -0.39 is 0 Å². The molecule has 0 aliphatic heterocycles. The maximum absolute atomic E-state index is 12.4. The van der Waals surface area contributed by atoms with Gasteiger partial charge >= 0.3 is 0 Å². The lowest BCUT2D eigenvalue weighted by Crippen LogP contribution is -2.23. The van der Waals surface area contributed by atoms with Crippen molar-refractivity contribution in [3.63, 3.8) is 0 Å². The van der Waals surface area contributed by atoms with E-state index in [2.05, 4.69) is 22.5 Å². The summed E-state index contributed by atoms with van der Waals surface area (Å²) in [4.78, 5) is 16.4. The molecule has 1 aliphatic carbocycles. The number of anilines is 1. The summed E-state index contributed by atoms with van der Waals surface area (Å²) in [5, 5.41) is 2.98. The Labute approximate surface area is 147 Å². The molecule has 3 rings (SSSR count). The predicted molar refractivity (Wildman–Crippen MR) is 96.7 cm³/mol. The molecule has 2 aromatic rings. The molecule has 0 saturated carbocycles. The molecule has 1 unspecified atom stereocenters. The summed E-state index contributed by atoms with van der Waals surface area (Å²) >= 11 is 0. The van der Waals surface area contributed by atoms with Gasteiger partial charge in [0, 0.05) is 30.1 Å².